The van der Waals surface area contributed by atoms with Crippen LogP contribution in [0.15, 0.2) is 39.8 Å². The molecule has 2 aromatic rings. The lowest BCUT2D eigenvalue weighted by atomic mass is 10.2. The Balaban J connectivity index is 2.48. The van der Waals surface area contributed by atoms with Crippen molar-refractivity contribution in [2.75, 3.05) is 23.4 Å². The molecular formula is C18H22BrN3O4S. The third-order valence-electron chi connectivity index (χ3n) is 3.63. The van der Waals surface area contributed by atoms with E-state index in [1.54, 1.807) is 19.2 Å². The Morgan fingerprint density at radius 3 is 2.56 bits per heavy atom. The van der Waals surface area contributed by atoms with E-state index in [1.165, 1.54) is 19.2 Å². The summed E-state index contributed by atoms with van der Waals surface area (Å²) in [7, 11) is -1.95. The number of rotatable bonds is 7. The maximum Gasteiger partial charge on any atom is 0.275 e. The molecule has 0 spiro atoms. The third-order valence-corrected chi connectivity index (χ3v) is 5.86. The van der Waals surface area contributed by atoms with Crippen LogP contribution in [-0.2, 0) is 9.84 Å². The molecule has 0 unspecified atom stereocenters. The molecule has 0 radical (unpaired) electrons. The highest BCUT2D eigenvalue weighted by Gasteiger charge is 2.24. The topological polar surface area (TPSA) is 97.4 Å². The predicted octanol–water partition coefficient (Wildman–Crippen LogP) is 3.72. The second kappa shape index (κ2) is 8.71. The number of ether oxygens (including phenoxy) is 1. The number of halogens is 1. The first-order chi connectivity index (χ1) is 12.7. The molecule has 0 atom stereocenters. The van der Waals surface area contributed by atoms with Crippen molar-refractivity contribution in [2.24, 2.45) is 0 Å². The first-order valence-electron chi connectivity index (χ1n) is 8.36. The van der Waals surface area contributed by atoms with Gasteiger partial charge in [-0.25, -0.2) is 13.4 Å². The molecule has 0 fully saturated rings. The molecule has 1 aromatic heterocycles. The van der Waals surface area contributed by atoms with Crippen molar-refractivity contribution < 1.29 is 17.9 Å². The number of hydrogen-bond donors (Lipinski definition) is 2. The van der Waals surface area contributed by atoms with Gasteiger partial charge in [0.2, 0.25) is 0 Å². The van der Waals surface area contributed by atoms with Gasteiger partial charge in [-0.15, -0.1) is 0 Å². The Bertz CT molecular complexity index is 946. The van der Waals surface area contributed by atoms with E-state index < -0.39 is 15.7 Å². The fraction of sp³-hybridized carbons (Fsp3) is 0.333. The maximum atomic E-state index is 12.8. The molecule has 2 rings (SSSR count). The third kappa shape index (κ3) is 5.20. The summed E-state index contributed by atoms with van der Waals surface area (Å²) in [6.07, 6.45) is 1.20. The lowest BCUT2D eigenvalue weighted by molar-refractivity contribution is 0.101. The Labute approximate surface area is 167 Å². The molecule has 2 N–H and O–H groups in total. The van der Waals surface area contributed by atoms with E-state index >= 15 is 0 Å². The van der Waals surface area contributed by atoms with Crippen molar-refractivity contribution in [1.29, 1.82) is 0 Å². The zero-order valence-electron chi connectivity index (χ0n) is 15.5. The van der Waals surface area contributed by atoms with Gasteiger partial charge in [0.1, 0.15) is 16.3 Å². The molecule has 0 saturated heterocycles. The molecule has 0 aliphatic carbocycles. The maximum absolute atomic E-state index is 12.8. The van der Waals surface area contributed by atoms with Crippen molar-refractivity contribution in [3.8, 4) is 5.75 Å². The average Bonchev–Trinajstić information content (AvgIpc) is 2.61. The number of pyridine rings is 1. The normalized spacial score (nSPS) is 11.3. The summed E-state index contributed by atoms with van der Waals surface area (Å²) in [5.41, 5.74) is 1.02. The number of nitrogens with one attached hydrogen (secondary N) is 2. The summed E-state index contributed by atoms with van der Waals surface area (Å²) in [5.74, 6) is -0.474. The van der Waals surface area contributed by atoms with E-state index in [-0.39, 0.29) is 22.4 Å². The highest BCUT2D eigenvalue weighted by molar-refractivity contribution is 9.10. The monoisotopic (exact) mass is 455 g/mol. The second-order valence-corrected chi connectivity index (χ2v) is 9.14. The summed E-state index contributed by atoms with van der Waals surface area (Å²) in [5, 5.41) is 5.69. The Morgan fingerprint density at radius 2 is 1.96 bits per heavy atom. The Hall–Kier alpha value is -2.13. The van der Waals surface area contributed by atoms with E-state index in [1.807, 2.05) is 19.9 Å². The number of carbonyl (C=O) groups is 1. The first-order valence-corrected chi connectivity index (χ1v) is 10.8. The van der Waals surface area contributed by atoms with E-state index in [2.05, 4.69) is 31.5 Å². The van der Waals surface area contributed by atoms with Crippen molar-refractivity contribution in [2.45, 2.75) is 31.8 Å². The van der Waals surface area contributed by atoms with Crippen LogP contribution in [0, 0.1) is 0 Å². The number of amides is 1. The Morgan fingerprint density at radius 1 is 1.26 bits per heavy atom. The quantitative estimate of drug-likeness (QED) is 0.659. The predicted molar refractivity (Wildman–Crippen MR) is 109 cm³/mol. The van der Waals surface area contributed by atoms with Gasteiger partial charge < -0.3 is 15.4 Å². The van der Waals surface area contributed by atoms with Crippen LogP contribution in [0.2, 0.25) is 0 Å². The molecule has 9 heteroatoms. The van der Waals surface area contributed by atoms with Crippen LogP contribution < -0.4 is 15.4 Å². The zero-order valence-corrected chi connectivity index (χ0v) is 17.9. The lowest BCUT2D eigenvalue weighted by Crippen LogP contribution is -2.20. The van der Waals surface area contributed by atoms with Gasteiger partial charge in [0.25, 0.3) is 5.91 Å². The molecule has 1 aromatic carbocycles. The number of sulfone groups is 1. The largest absolute Gasteiger partial charge is 0.489 e. The van der Waals surface area contributed by atoms with Crippen LogP contribution in [0.3, 0.4) is 0 Å². The molecule has 0 aliphatic heterocycles. The highest BCUT2D eigenvalue weighted by Crippen LogP contribution is 2.28. The molecule has 0 aliphatic rings. The van der Waals surface area contributed by atoms with Crippen LogP contribution in [0.5, 0.6) is 5.75 Å². The minimum atomic E-state index is -3.68. The smallest absolute Gasteiger partial charge is 0.275 e. The Kier molecular flexibility index (Phi) is 6.83. The van der Waals surface area contributed by atoms with Crippen molar-refractivity contribution in [3.05, 3.63) is 40.6 Å². The van der Waals surface area contributed by atoms with E-state index in [0.717, 1.165) is 4.47 Å². The minimum absolute atomic E-state index is 0.150. The van der Waals surface area contributed by atoms with Gasteiger partial charge in [0, 0.05) is 17.6 Å². The number of carbonyl (C=O) groups excluding carboxylic acids is 1. The fourth-order valence-electron chi connectivity index (χ4n) is 2.35. The summed E-state index contributed by atoms with van der Waals surface area (Å²) in [6.45, 7) is 5.16. The van der Waals surface area contributed by atoms with Crippen LogP contribution in [0.4, 0.5) is 11.4 Å². The van der Waals surface area contributed by atoms with Crippen molar-refractivity contribution in [1.82, 2.24) is 4.98 Å². The van der Waals surface area contributed by atoms with Gasteiger partial charge in [-0.3, -0.25) is 4.79 Å². The summed E-state index contributed by atoms with van der Waals surface area (Å²) >= 11 is 3.35. The fourth-order valence-corrected chi connectivity index (χ4v) is 3.75. The molecule has 0 saturated carbocycles. The number of hydrogen-bond acceptors (Lipinski definition) is 6. The second-order valence-electron chi connectivity index (χ2n) is 5.98. The number of benzene rings is 1. The van der Waals surface area contributed by atoms with Crippen LogP contribution in [-0.4, -0.2) is 38.2 Å². The van der Waals surface area contributed by atoms with E-state index in [0.29, 0.717) is 17.1 Å². The lowest BCUT2D eigenvalue weighted by Gasteiger charge is -2.15. The summed E-state index contributed by atoms with van der Waals surface area (Å²) < 4.78 is 31.3. The van der Waals surface area contributed by atoms with Crippen LogP contribution in [0.1, 0.15) is 31.3 Å². The summed E-state index contributed by atoms with van der Waals surface area (Å²) in [6, 6.07) is 6.68. The average molecular weight is 456 g/mol. The number of nitrogens with zero attached hydrogens (tertiary/aromatic N) is 1. The number of aromatic nitrogens is 1. The molecule has 0 bridgehead atoms. The SMILES string of the molecule is CCS(=O)(=O)c1cc(OC(C)C)cnc1C(=O)Nc1cc(Br)ccc1NC. The molecule has 7 nitrogen and oxygen atoms in total. The van der Waals surface area contributed by atoms with Gasteiger partial charge in [-0.2, -0.15) is 0 Å². The van der Waals surface area contributed by atoms with Gasteiger partial charge in [-0.1, -0.05) is 22.9 Å². The molecule has 1 heterocycles. The number of anilines is 2. The molecule has 146 valence electrons. The van der Waals surface area contributed by atoms with E-state index in [9.17, 15) is 13.2 Å². The zero-order chi connectivity index (χ0) is 20.2. The van der Waals surface area contributed by atoms with Crippen LogP contribution >= 0.6 is 15.9 Å². The minimum Gasteiger partial charge on any atom is -0.489 e. The van der Waals surface area contributed by atoms with Gasteiger partial charge in [0.05, 0.1) is 29.4 Å². The van der Waals surface area contributed by atoms with Crippen molar-refractivity contribution in [3.63, 3.8) is 0 Å². The van der Waals surface area contributed by atoms with Crippen LogP contribution in [0.25, 0.3) is 0 Å². The van der Waals surface area contributed by atoms with E-state index in [4.69, 9.17) is 4.74 Å². The van der Waals surface area contributed by atoms with Gasteiger partial charge in [-0.05, 0) is 32.0 Å². The molecular weight excluding hydrogens is 434 g/mol. The first kappa shape index (κ1) is 21.2. The summed E-state index contributed by atoms with van der Waals surface area (Å²) in [4.78, 5) is 16.7. The van der Waals surface area contributed by atoms with Crippen molar-refractivity contribution >= 4 is 43.0 Å². The molecule has 1 amide bonds. The van der Waals surface area contributed by atoms with Gasteiger partial charge in [0.15, 0.2) is 9.84 Å². The van der Waals surface area contributed by atoms with Gasteiger partial charge >= 0.3 is 0 Å². The standard InChI is InChI=1S/C18H22BrN3O4S/c1-5-27(24,25)16-9-13(26-11(2)3)10-21-17(16)18(23)22-15-8-12(19)6-7-14(15)20-4/h6-11,20H,5H2,1-4H3,(H,22,23). The molecule has 27 heavy (non-hydrogen) atoms. The highest BCUT2D eigenvalue weighted by atomic mass is 79.9.